The number of hydrogen-bond donors (Lipinski definition) is 2. The third kappa shape index (κ3) is 3.34. The third-order valence-corrected chi connectivity index (χ3v) is 2.52. The lowest BCUT2D eigenvalue weighted by Gasteiger charge is -2.12. The molecule has 0 fully saturated rings. The van der Waals surface area contributed by atoms with Crippen molar-refractivity contribution in [3.05, 3.63) is 41.7 Å². The Morgan fingerprint density at radius 1 is 1.15 bits per heavy atom. The summed E-state index contributed by atoms with van der Waals surface area (Å²) in [4.78, 5) is 11.4. The lowest BCUT2D eigenvalue weighted by atomic mass is 10.2. The molecule has 0 radical (unpaired) electrons. The molecule has 0 saturated heterocycles. The number of rotatable bonds is 3. The molecule has 0 aliphatic carbocycles. The molecular formula is C12H12F3N5. The van der Waals surface area contributed by atoms with E-state index in [1.165, 1.54) is 0 Å². The first-order valence-corrected chi connectivity index (χ1v) is 5.70. The van der Waals surface area contributed by atoms with Gasteiger partial charge in [0.2, 0.25) is 0 Å². The van der Waals surface area contributed by atoms with Crippen LogP contribution in [0.3, 0.4) is 0 Å². The molecule has 0 amide bonds. The molecular weight excluding hydrogens is 271 g/mol. The molecule has 0 spiro atoms. The maximum Gasteiger partial charge on any atom is 0.433 e. The van der Waals surface area contributed by atoms with Crippen LogP contribution in [-0.4, -0.2) is 15.0 Å². The van der Waals surface area contributed by atoms with Crippen LogP contribution in [0.25, 0.3) is 0 Å². The summed E-state index contributed by atoms with van der Waals surface area (Å²) in [6.45, 7) is 2.01. The van der Waals surface area contributed by atoms with E-state index in [9.17, 15) is 13.2 Å². The first kappa shape index (κ1) is 14.0. The standard InChI is InChI=1S/C12H12F3N5/c1-7-3-18-8(4-17-7)5-19-10-2-11(12(13,14)15)20-6-9(10)16/h2-4,6H,5,16H2,1H3,(H,19,20). The zero-order valence-corrected chi connectivity index (χ0v) is 10.6. The molecule has 2 heterocycles. The molecule has 0 unspecified atom stereocenters. The second kappa shape index (κ2) is 5.32. The van der Waals surface area contributed by atoms with Gasteiger partial charge in [-0.15, -0.1) is 0 Å². The summed E-state index contributed by atoms with van der Waals surface area (Å²) in [6, 6.07) is 0.872. The van der Waals surface area contributed by atoms with E-state index in [4.69, 9.17) is 5.73 Å². The van der Waals surface area contributed by atoms with Crippen molar-refractivity contribution in [2.24, 2.45) is 0 Å². The fourth-order valence-electron chi connectivity index (χ4n) is 1.47. The van der Waals surface area contributed by atoms with Crippen molar-refractivity contribution in [1.82, 2.24) is 15.0 Å². The van der Waals surface area contributed by atoms with Crippen LogP contribution in [0.1, 0.15) is 17.1 Å². The normalized spacial score (nSPS) is 11.4. The number of anilines is 2. The highest BCUT2D eigenvalue weighted by atomic mass is 19.4. The van der Waals surface area contributed by atoms with Gasteiger partial charge in [0.1, 0.15) is 5.69 Å². The summed E-state index contributed by atoms with van der Waals surface area (Å²) >= 11 is 0. The second-order valence-electron chi connectivity index (χ2n) is 4.16. The highest BCUT2D eigenvalue weighted by Crippen LogP contribution is 2.31. The monoisotopic (exact) mass is 283 g/mol. The van der Waals surface area contributed by atoms with Crippen LogP contribution in [0.2, 0.25) is 0 Å². The summed E-state index contributed by atoms with van der Waals surface area (Å²) in [5.74, 6) is 0. The van der Waals surface area contributed by atoms with E-state index in [2.05, 4.69) is 20.3 Å². The van der Waals surface area contributed by atoms with Crippen LogP contribution >= 0.6 is 0 Å². The smallest absolute Gasteiger partial charge is 0.396 e. The molecule has 0 aliphatic rings. The van der Waals surface area contributed by atoms with Crippen molar-refractivity contribution in [2.75, 3.05) is 11.1 Å². The predicted octanol–water partition coefficient (Wildman–Crippen LogP) is 2.39. The topological polar surface area (TPSA) is 76.7 Å². The maximum atomic E-state index is 12.6. The average Bonchev–Trinajstić information content (AvgIpc) is 2.38. The van der Waals surface area contributed by atoms with Crippen LogP contribution in [0.5, 0.6) is 0 Å². The number of nitrogens with two attached hydrogens (primary N) is 1. The van der Waals surface area contributed by atoms with Crippen molar-refractivity contribution < 1.29 is 13.2 Å². The maximum absolute atomic E-state index is 12.6. The van der Waals surface area contributed by atoms with Gasteiger partial charge in [0.05, 0.1) is 41.7 Å². The van der Waals surface area contributed by atoms with Gasteiger partial charge < -0.3 is 11.1 Å². The lowest BCUT2D eigenvalue weighted by Crippen LogP contribution is -2.11. The second-order valence-corrected chi connectivity index (χ2v) is 4.16. The minimum Gasteiger partial charge on any atom is -0.396 e. The highest BCUT2D eigenvalue weighted by Gasteiger charge is 2.32. The van der Waals surface area contributed by atoms with E-state index >= 15 is 0 Å². The average molecular weight is 283 g/mol. The summed E-state index contributed by atoms with van der Waals surface area (Å²) in [5, 5.41) is 2.79. The molecule has 0 bridgehead atoms. The van der Waals surface area contributed by atoms with E-state index in [1.807, 2.05) is 0 Å². The number of halogens is 3. The van der Waals surface area contributed by atoms with Crippen molar-refractivity contribution in [2.45, 2.75) is 19.6 Å². The van der Waals surface area contributed by atoms with Crippen LogP contribution in [0.4, 0.5) is 24.5 Å². The largest absolute Gasteiger partial charge is 0.433 e. The molecule has 2 rings (SSSR count). The van der Waals surface area contributed by atoms with Crippen LogP contribution in [-0.2, 0) is 12.7 Å². The minimum atomic E-state index is -4.51. The Bertz CT molecular complexity index is 595. The van der Waals surface area contributed by atoms with Crippen LogP contribution in [0.15, 0.2) is 24.7 Å². The molecule has 0 saturated carbocycles. The number of nitrogen functional groups attached to an aromatic ring is 1. The fraction of sp³-hybridized carbons (Fsp3) is 0.250. The summed E-state index contributed by atoms with van der Waals surface area (Å²) in [5.41, 5.74) is 6.25. The van der Waals surface area contributed by atoms with Gasteiger partial charge in [-0.2, -0.15) is 13.2 Å². The first-order valence-electron chi connectivity index (χ1n) is 5.70. The van der Waals surface area contributed by atoms with Gasteiger partial charge in [-0.1, -0.05) is 0 Å². The van der Waals surface area contributed by atoms with Crippen molar-refractivity contribution >= 4 is 11.4 Å². The SMILES string of the molecule is Cc1cnc(CNc2cc(C(F)(F)F)ncc2N)cn1. The van der Waals surface area contributed by atoms with Gasteiger partial charge in [0.15, 0.2) is 0 Å². The van der Waals surface area contributed by atoms with Gasteiger partial charge in [0.25, 0.3) is 0 Å². The van der Waals surface area contributed by atoms with Crippen LogP contribution in [0, 0.1) is 6.92 Å². The predicted molar refractivity (Wildman–Crippen MR) is 67.7 cm³/mol. The summed E-state index contributed by atoms with van der Waals surface area (Å²) in [7, 11) is 0. The summed E-state index contributed by atoms with van der Waals surface area (Å²) < 4.78 is 37.7. The van der Waals surface area contributed by atoms with Crippen molar-refractivity contribution in [1.29, 1.82) is 0 Å². The number of aryl methyl sites for hydroxylation is 1. The first-order chi connectivity index (χ1) is 9.36. The van der Waals surface area contributed by atoms with Gasteiger partial charge in [0, 0.05) is 6.20 Å². The van der Waals surface area contributed by atoms with Gasteiger partial charge >= 0.3 is 6.18 Å². The molecule has 2 aromatic rings. The Morgan fingerprint density at radius 3 is 2.50 bits per heavy atom. The Labute approximate surface area is 113 Å². The Balaban J connectivity index is 2.14. The number of alkyl halides is 3. The van der Waals surface area contributed by atoms with E-state index in [-0.39, 0.29) is 17.9 Å². The van der Waals surface area contributed by atoms with Crippen molar-refractivity contribution in [3.8, 4) is 0 Å². The molecule has 0 aromatic carbocycles. The third-order valence-electron chi connectivity index (χ3n) is 2.52. The molecule has 0 atom stereocenters. The molecule has 20 heavy (non-hydrogen) atoms. The molecule has 5 nitrogen and oxygen atoms in total. The molecule has 106 valence electrons. The number of nitrogens with one attached hydrogen (secondary N) is 1. The zero-order chi connectivity index (χ0) is 14.8. The van der Waals surface area contributed by atoms with Gasteiger partial charge in [-0.05, 0) is 13.0 Å². The Hall–Kier alpha value is -2.38. The lowest BCUT2D eigenvalue weighted by molar-refractivity contribution is -0.141. The number of pyridine rings is 1. The van der Waals surface area contributed by atoms with E-state index in [0.717, 1.165) is 18.0 Å². The molecule has 0 aliphatic heterocycles. The molecule has 3 N–H and O–H groups in total. The van der Waals surface area contributed by atoms with E-state index < -0.39 is 11.9 Å². The van der Waals surface area contributed by atoms with Crippen LogP contribution < -0.4 is 11.1 Å². The Morgan fingerprint density at radius 2 is 1.90 bits per heavy atom. The number of hydrogen-bond acceptors (Lipinski definition) is 5. The Kier molecular flexibility index (Phi) is 3.73. The molecule has 2 aromatic heterocycles. The van der Waals surface area contributed by atoms with Gasteiger partial charge in [-0.3, -0.25) is 9.97 Å². The highest BCUT2D eigenvalue weighted by molar-refractivity contribution is 5.65. The number of aromatic nitrogens is 3. The quantitative estimate of drug-likeness (QED) is 0.904. The molecule has 8 heteroatoms. The zero-order valence-electron chi connectivity index (χ0n) is 10.6. The summed E-state index contributed by atoms with van der Waals surface area (Å²) in [6.07, 6.45) is -0.405. The fourth-order valence-corrected chi connectivity index (χ4v) is 1.47. The van der Waals surface area contributed by atoms with Gasteiger partial charge in [-0.25, -0.2) is 4.98 Å². The number of nitrogens with zero attached hydrogens (tertiary/aromatic N) is 3. The van der Waals surface area contributed by atoms with E-state index in [1.54, 1.807) is 19.3 Å². The minimum absolute atomic E-state index is 0.137. The van der Waals surface area contributed by atoms with E-state index in [0.29, 0.717) is 5.69 Å². The van der Waals surface area contributed by atoms with Crippen molar-refractivity contribution in [3.63, 3.8) is 0 Å².